The van der Waals surface area contributed by atoms with Crippen LogP contribution in [0.2, 0.25) is 0 Å². The minimum absolute atomic E-state index is 0.00416. The largest absolute Gasteiger partial charge is 0.351 e. The molecular weight excluding hydrogens is 390 g/mol. The molecule has 0 spiro atoms. The van der Waals surface area contributed by atoms with Crippen molar-refractivity contribution >= 4 is 17.5 Å². The second kappa shape index (κ2) is 11.8. The van der Waals surface area contributed by atoms with Crippen molar-refractivity contribution in [1.82, 2.24) is 15.1 Å². The van der Waals surface area contributed by atoms with Gasteiger partial charge in [-0.05, 0) is 17.7 Å². The summed E-state index contributed by atoms with van der Waals surface area (Å²) in [6.07, 6.45) is 0.298. The summed E-state index contributed by atoms with van der Waals surface area (Å²) in [5, 5.41) is 11.9. The van der Waals surface area contributed by atoms with Crippen molar-refractivity contribution in [2.24, 2.45) is 0 Å². The van der Waals surface area contributed by atoms with Crippen LogP contribution in [0.3, 0.4) is 0 Å². The molecule has 0 saturated carbocycles. The Bertz CT molecular complexity index is 874. The SMILES string of the molecule is N#CCCN(C(=O)CN1CCN(CC(=O)NCc2ccccc2)CC1)c1ccccc1. The monoisotopic (exact) mass is 419 g/mol. The molecule has 1 aliphatic heterocycles. The molecule has 1 N–H and O–H groups in total. The standard InChI is InChI=1S/C24H29N5O2/c25-12-7-13-29(22-10-5-2-6-11-22)24(31)20-28-16-14-27(15-17-28)19-23(30)26-18-21-8-3-1-4-9-21/h1-6,8-11H,7,13-20H2,(H,26,30). The van der Waals surface area contributed by atoms with Gasteiger partial charge in [-0.25, -0.2) is 0 Å². The Morgan fingerprint density at radius 1 is 0.903 bits per heavy atom. The molecule has 162 valence electrons. The maximum Gasteiger partial charge on any atom is 0.241 e. The molecule has 1 fully saturated rings. The first-order valence-electron chi connectivity index (χ1n) is 10.6. The summed E-state index contributed by atoms with van der Waals surface area (Å²) in [5.41, 5.74) is 1.90. The Balaban J connectivity index is 1.43. The number of anilines is 1. The van der Waals surface area contributed by atoms with Crippen LogP contribution in [0.5, 0.6) is 0 Å². The van der Waals surface area contributed by atoms with Crippen molar-refractivity contribution in [3.63, 3.8) is 0 Å². The summed E-state index contributed by atoms with van der Waals surface area (Å²) in [7, 11) is 0. The van der Waals surface area contributed by atoms with E-state index in [9.17, 15) is 9.59 Å². The highest BCUT2D eigenvalue weighted by atomic mass is 16.2. The van der Waals surface area contributed by atoms with Crippen LogP contribution in [-0.4, -0.2) is 67.4 Å². The summed E-state index contributed by atoms with van der Waals surface area (Å²) in [6, 6.07) is 21.5. The quantitative estimate of drug-likeness (QED) is 0.671. The Hall–Kier alpha value is -3.21. The lowest BCUT2D eigenvalue weighted by Gasteiger charge is -2.35. The van der Waals surface area contributed by atoms with Gasteiger partial charge in [0.2, 0.25) is 11.8 Å². The molecule has 1 aliphatic rings. The van der Waals surface area contributed by atoms with Gasteiger partial charge >= 0.3 is 0 Å². The Morgan fingerprint density at radius 3 is 2.10 bits per heavy atom. The van der Waals surface area contributed by atoms with Crippen LogP contribution in [-0.2, 0) is 16.1 Å². The number of rotatable bonds is 9. The summed E-state index contributed by atoms with van der Waals surface area (Å²) < 4.78 is 0. The minimum Gasteiger partial charge on any atom is -0.351 e. The number of nitriles is 1. The lowest BCUT2D eigenvalue weighted by Crippen LogP contribution is -2.52. The van der Waals surface area contributed by atoms with Crippen LogP contribution in [0, 0.1) is 11.3 Å². The number of hydrogen-bond donors (Lipinski definition) is 1. The Labute approximate surface area is 183 Å². The van der Waals surface area contributed by atoms with E-state index in [1.807, 2.05) is 60.7 Å². The predicted octanol–water partition coefficient (Wildman–Crippen LogP) is 1.87. The molecule has 0 unspecified atom stereocenters. The molecule has 0 aromatic heterocycles. The van der Waals surface area contributed by atoms with Crippen LogP contribution in [0.4, 0.5) is 5.69 Å². The number of hydrogen-bond acceptors (Lipinski definition) is 5. The van der Waals surface area contributed by atoms with Crippen molar-refractivity contribution < 1.29 is 9.59 Å². The van der Waals surface area contributed by atoms with Gasteiger partial charge in [0.05, 0.1) is 25.6 Å². The highest BCUT2D eigenvalue weighted by molar-refractivity contribution is 5.94. The number of nitrogens with zero attached hydrogens (tertiary/aromatic N) is 4. The fourth-order valence-corrected chi connectivity index (χ4v) is 3.61. The first kappa shape index (κ1) is 22.5. The van der Waals surface area contributed by atoms with Crippen LogP contribution < -0.4 is 10.2 Å². The van der Waals surface area contributed by atoms with Crippen LogP contribution in [0.1, 0.15) is 12.0 Å². The Morgan fingerprint density at radius 2 is 1.48 bits per heavy atom. The van der Waals surface area contributed by atoms with Crippen molar-refractivity contribution in [2.45, 2.75) is 13.0 Å². The molecule has 1 saturated heterocycles. The third kappa shape index (κ3) is 7.21. The van der Waals surface area contributed by atoms with E-state index in [4.69, 9.17) is 5.26 Å². The molecular formula is C24H29N5O2. The third-order valence-electron chi connectivity index (χ3n) is 5.34. The Kier molecular flexibility index (Phi) is 8.59. The minimum atomic E-state index is -0.00416. The predicted molar refractivity (Wildman–Crippen MR) is 120 cm³/mol. The van der Waals surface area contributed by atoms with Gasteiger partial charge in [-0.2, -0.15) is 5.26 Å². The average Bonchev–Trinajstić information content (AvgIpc) is 2.81. The van der Waals surface area contributed by atoms with E-state index < -0.39 is 0 Å². The molecule has 31 heavy (non-hydrogen) atoms. The topological polar surface area (TPSA) is 79.7 Å². The van der Waals surface area contributed by atoms with Crippen molar-refractivity contribution in [3.05, 3.63) is 66.2 Å². The van der Waals surface area contributed by atoms with E-state index in [2.05, 4.69) is 21.2 Å². The van der Waals surface area contributed by atoms with Gasteiger partial charge in [-0.3, -0.25) is 19.4 Å². The molecule has 0 radical (unpaired) electrons. The van der Waals surface area contributed by atoms with Crippen molar-refractivity contribution in [1.29, 1.82) is 5.26 Å². The van der Waals surface area contributed by atoms with E-state index in [0.29, 0.717) is 32.6 Å². The summed E-state index contributed by atoms with van der Waals surface area (Å²) in [6.45, 7) is 4.57. The molecule has 2 aromatic rings. The summed E-state index contributed by atoms with van der Waals surface area (Å²) in [5.74, 6) is 0.00985. The smallest absolute Gasteiger partial charge is 0.241 e. The highest BCUT2D eigenvalue weighted by Crippen LogP contribution is 2.15. The number of carbonyl (C=O) groups excluding carboxylic acids is 2. The normalized spacial score (nSPS) is 14.5. The van der Waals surface area contributed by atoms with Gasteiger partial charge in [-0.15, -0.1) is 0 Å². The van der Waals surface area contributed by atoms with Gasteiger partial charge in [0.25, 0.3) is 0 Å². The number of carbonyl (C=O) groups is 2. The number of para-hydroxylation sites is 1. The van der Waals surface area contributed by atoms with E-state index >= 15 is 0 Å². The maximum atomic E-state index is 12.9. The second-order valence-corrected chi connectivity index (χ2v) is 7.60. The van der Waals surface area contributed by atoms with E-state index in [-0.39, 0.29) is 11.8 Å². The molecule has 3 rings (SSSR count). The molecule has 0 aliphatic carbocycles. The van der Waals surface area contributed by atoms with E-state index in [1.165, 1.54) is 0 Å². The number of piperazine rings is 1. The zero-order valence-corrected chi connectivity index (χ0v) is 17.7. The van der Waals surface area contributed by atoms with E-state index in [0.717, 1.165) is 37.4 Å². The van der Waals surface area contributed by atoms with Gasteiger partial charge < -0.3 is 10.2 Å². The third-order valence-corrected chi connectivity index (χ3v) is 5.34. The number of nitrogens with one attached hydrogen (secondary N) is 1. The van der Waals surface area contributed by atoms with Crippen LogP contribution in [0.25, 0.3) is 0 Å². The first-order valence-corrected chi connectivity index (χ1v) is 10.6. The average molecular weight is 420 g/mol. The molecule has 0 atom stereocenters. The molecule has 2 amide bonds. The summed E-state index contributed by atoms with van der Waals surface area (Å²) >= 11 is 0. The summed E-state index contributed by atoms with van der Waals surface area (Å²) in [4.78, 5) is 31.0. The molecule has 0 bridgehead atoms. The fourth-order valence-electron chi connectivity index (χ4n) is 3.61. The van der Waals surface area contributed by atoms with E-state index in [1.54, 1.807) is 4.90 Å². The van der Waals surface area contributed by atoms with Gasteiger partial charge in [-0.1, -0.05) is 48.5 Å². The van der Waals surface area contributed by atoms with Crippen molar-refractivity contribution in [2.75, 3.05) is 50.7 Å². The second-order valence-electron chi connectivity index (χ2n) is 7.60. The number of benzene rings is 2. The van der Waals surface area contributed by atoms with Crippen LogP contribution in [0.15, 0.2) is 60.7 Å². The zero-order valence-electron chi connectivity index (χ0n) is 17.7. The zero-order chi connectivity index (χ0) is 21.9. The van der Waals surface area contributed by atoms with Gasteiger partial charge in [0.1, 0.15) is 0 Å². The molecule has 2 aromatic carbocycles. The van der Waals surface area contributed by atoms with Gasteiger partial charge in [0.15, 0.2) is 0 Å². The molecule has 7 nitrogen and oxygen atoms in total. The van der Waals surface area contributed by atoms with Crippen molar-refractivity contribution in [3.8, 4) is 6.07 Å². The highest BCUT2D eigenvalue weighted by Gasteiger charge is 2.23. The first-order chi connectivity index (χ1) is 15.2. The van der Waals surface area contributed by atoms with Gasteiger partial charge in [0, 0.05) is 45.0 Å². The van der Waals surface area contributed by atoms with Crippen LogP contribution >= 0.6 is 0 Å². The lowest BCUT2D eigenvalue weighted by atomic mass is 10.2. The number of amides is 2. The molecule has 7 heteroatoms. The molecule has 1 heterocycles. The fraction of sp³-hybridized carbons (Fsp3) is 0.375. The lowest BCUT2D eigenvalue weighted by molar-refractivity contribution is -0.124. The maximum absolute atomic E-state index is 12.9.